The van der Waals surface area contributed by atoms with Crippen LogP contribution in [0.2, 0.25) is 0 Å². The zero-order chi connectivity index (χ0) is 49.1. The van der Waals surface area contributed by atoms with Crippen molar-refractivity contribution in [3.05, 3.63) is 30.3 Å². The second kappa shape index (κ2) is 22.1. The van der Waals surface area contributed by atoms with Crippen LogP contribution in [0.1, 0.15) is 108 Å². The second-order valence-electron chi connectivity index (χ2n) is 20.8. The number of cyclic esters (lactones) is 1. The number of hydrogen-bond acceptors (Lipinski definition) is 15. The largest absolute Gasteiger partial charge is 0.459 e. The van der Waals surface area contributed by atoms with Gasteiger partial charge in [-0.2, -0.15) is 0 Å². The van der Waals surface area contributed by atoms with E-state index < -0.39 is 108 Å². The Kier molecular flexibility index (Phi) is 18.2. The van der Waals surface area contributed by atoms with Crippen molar-refractivity contribution in [2.45, 2.75) is 198 Å². The van der Waals surface area contributed by atoms with E-state index >= 15 is 0 Å². The molecule has 5 rings (SSSR count). The predicted octanol–water partition coefficient (Wildman–Crippen LogP) is 3.65. The molecule has 0 aromatic heterocycles. The molecule has 17 nitrogen and oxygen atoms in total. The van der Waals surface area contributed by atoms with Crippen molar-refractivity contribution < 1.29 is 63.5 Å². The number of para-hydroxylation sites is 1. The third-order valence-electron chi connectivity index (χ3n) is 15.4. The van der Waals surface area contributed by atoms with Crippen molar-refractivity contribution in [1.29, 1.82) is 0 Å². The van der Waals surface area contributed by atoms with E-state index in [4.69, 9.17) is 28.4 Å². The van der Waals surface area contributed by atoms with E-state index in [0.29, 0.717) is 25.2 Å². The highest BCUT2D eigenvalue weighted by molar-refractivity contribution is 5.91. The molecule has 6 N–H and O–H groups in total. The van der Waals surface area contributed by atoms with Gasteiger partial charge in [0.2, 0.25) is 0 Å². The lowest BCUT2D eigenvalue weighted by molar-refractivity contribution is -0.339. The van der Waals surface area contributed by atoms with Gasteiger partial charge in [-0.1, -0.05) is 39.0 Å². The minimum absolute atomic E-state index is 0.0750. The number of ether oxygens (including phenoxy) is 6. The fraction of sp³-hybridized carbons (Fsp3) is 0.837. The monoisotopic (exact) mass is 937 g/mol. The normalized spacial score (nSPS) is 43.6. The number of nitrogens with zero attached hydrogens (tertiary/aromatic N) is 3. The van der Waals surface area contributed by atoms with E-state index in [-0.39, 0.29) is 31.2 Å². The summed E-state index contributed by atoms with van der Waals surface area (Å²) in [5.74, 6) is -2.94. The van der Waals surface area contributed by atoms with E-state index in [1.807, 2.05) is 51.1 Å². The first-order valence-corrected chi connectivity index (χ1v) is 24.2. The molecular weight excluding hydrogens is 853 g/mol. The summed E-state index contributed by atoms with van der Waals surface area (Å²) in [4.78, 5) is 33.6. The fourth-order valence-corrected chi connectivity index (χ4v) is 11.0. The molecule has 4 saturated heterocycles. The van der Waals surface area contributed by atoms with Crippen LogP contribution in [0.3, 0.4) is 0 Å². The summed E-state index contributed by atoms with van der Waals surface area (Å²) in [5.41, 5.74) is -5.44. The van der Waals surface area contributed by atoms with Crippen LogP contribution in [-0.4, -0.2) is 185 Å². The molecule has 4 heterocycles. The van der Waals surface area contributed by atoms with Crippen LogP contribution in [0.4, 0.5) is 10.5 Å². The van der Waals surface area contributed by atoms with E-state index in [1.54, 1.807) is 62.7 Å². The maximum Gasteiger partial charge on any atom is 0.324 e. The first kappa shape index (κ1) is 54.4. The summed E-state index contributed by atoms with van der Waals surface area (Å²) < 4.78 is 38.9. The Balaban J connectivity index is 1.54. The van der Waals surface area contributed by atoms with Gasteiger partial charge < -0.3 is 69.1 Å². The van der Waals surface area contributed by atoms with Crippen LogP contribution < -0.4 is 10.2 Å². The summed E-state index contributed by atoms with van der Waals surface area (Å²) in [5, 5.41) is 63.9. The molecule has 66 heavy (non-hydrogen) atoms. The van der Waals surface area contributed by atoms with Crippen molar-refractivity contribution in [2.75, 3.05) is 52.3 Å². The first-order chi connectivity index (χ1) is 30.8. The van der Waals surface area contributed by atoms with E-state index in [0.717, 1.165) is 25.9 Å². The Labute approximate surface area is 393 Å². The number of amides is 2. The number of esters is 1. The molecule has 18 atom stereocenters. The van der Waals surface area contributed by atoms with Crippen LogP contribution in [-0.2, 0) is 33.2 Å². The SMILES string of the molecule is CC[C@H]1OC(=O)[C@H](C)[C@@H](O[C@H]2C[C@@](C)(OC)[C@](O)(CN3CCCC3)[C@H](C)O2)[C@H](C)[C@@H](O[C@@H]2O[C@H](C)C[C@H](N(C)C(=O)N(C)c3ccccc3)[C@H]2O)[C@](C)(O)C[C@@H](C)CN[C@H](C)[C@@H](O)[C@]1(C)O. The highest BCUT2D eigenvalue weighted by Crippen LogP contribution is 2.44. The second-order valence-corrected chi connectivity index (χ2v) is 20.8. The average molecular weight is 937 g/mol. The van der Waals surface area contributed by atoms with Crippen molar-refractivity contribution >= 4 is 17.7 Å². The zero-order valence-electron chi connectivity index (χ0n) is 41.9. The van der Waals surface area contributed by atoms with E-state index in [1.165, 1.54) is 16.7 Å². The Bertz CT molecular complexity index is 1720. The number of urea groups is 1. The van der Waals surface area contributed by atoms with Crippen LogP contribution >= 0.6 is 0 Å². The lowest BCUT2D eigenvalue weighted by Crippen LogP contribution is -2.70. The lowest BCUT2D eigenvalue weighted by Gasteiger charge is -2.54. The Hall–Kier alpha value is -2.52. The Morgan fingerprint density at radius 1 is 0.939 bits per heavy atom. The number of aliphatic hydroxyl groups excluding tert-OH is 2. The molecule has 0 bridgehead atoms. The maximum atomic E-state index is 14.6. The number of anilines is 1. The summed E-state index contributed by atoms with van der Waals surface area (Å²) >= 11 is 0. The number of nitrogens with one attached hydrogen (secondary N) is 1. The van der Waals surface area contributed by atoms with Crippen LogP contribution in [0.5, 0.6) is 0 Å². The number of benzene rings is 1. The Morgan fingerprint density at radius 2 is 1.58 bits per heavy atom. The third-order valence-corrected chi connectivity index (χ3v) is 15.4. The molecule has 378 valence electrons. The van der Waals surface area contributed by atoms with Gasteiger partial charge in [-0.25, -0.2) is 4.79 Å². The molecule has 4 fully saturated rings. The fourth-order valence-electron chi connectivity index (χ4n) is 11.0. The number of methoxy groups -OCH3 is 1. The third kappa shape index (κ3) is 11.7. The molecular formula is C49H84N4O13. The van der Waals surface area contributed by atoms with Gasteiger partial charge in [0.05, 0.1) is 42.0 Å². The van der Waals surface area contributed by atoms with Crippen LogP contribution in [0, 0.1) is 17.8 Å². The van der Waals surface area contributed by atoms with Gasteiger partial charge >= 0.3 is 12.0 Å². The molecule has 17 heteroatoms. The van der Waals surface area contributed by atoms with Crippen molar-refractivity contribution in [2.24, 2.45) is 17.8 Å². The summed E-state index contributed by atoms with van der Waals surface area (Å²) in [6.07, 6.45) is -7.02. The van der Waals surface area contributed by atoms with Crippen molar-refractivity contribution in [3.63, 3.8) is 0 Å². The lowest BCUT2D eigenvalue weighted by atomic mass is 9.75. The van der Waals surface area contributed by atoms with E-state index in [9.17, 15) is 35.1 Å². The zero-order valence-corrected chi connectivity index (χ0v) is 41.9. The molecule has 0 unspecified atom stereocenters. The Morgan fingerprint density at radius 3 is 2.18 bits per heavy atom. The molecule has 0 radical (unpaired) electrons. The highest BCUT2D eigenvalue weighted by atomic mass is 16.7. The molecule has 4 aliphatic rings. The number of likely N-dealkylation sites (N-methyl/N-ethyl adjacent to an activating group) is 1. The van der Waals surface area contributed by atoms with Crippen LogP contribution in [0.15, 0.2) is 30.3 Å². The van der Waals surface area contributed by atoms with Gasteiger partial charge in [0.15, 0.2) is 12.6 Å². The summed E-state index contributed by atoms with van der Waals surface area (Å²) in [7, 11) is 4.85. The van der Waals surface area contributed by atoms with Gasteiger partial charge in [-0.05, 0) is 118 Å². The quantitative estimate of drug-likeness (QED) is 0.185. The smallest absolute Gasteiger partial charge is 0.324 e. The van der Waals surface area contributed by atoms with Gasteiger partial charge in [0.1, 0.15) is 35.1 Å². The first-order valence-electron chi connectivity index (χ1n) is 24.2. The number of carbonyl (C=O) groups excluding carboxylic acids is 2. The molecule has 1 aromatic carbocycles. The number of β-amino-alcohol motifs (C(OH)–C–C–N with tert-alkyl or cyclic N) is 1. The van der Waals surface area contributed by atoms with Crippen molar-refractivity contribution in [3.8, 4) is 0 Å². The number of rotatable bonds is 10. The predicted molar refractivity (Wildman–Crippen MR) is 248 cm³/mol. The topological polar surface area (TPSA) is 212 Å². The number of carbonyl (C=O) groups is 2. The number of hydrogen-bond donors (Lipinski definition) is 6. The van der Waals surface area contributed by atoms with Gasteiger partial charge in [0.25, 0.3) is 0 Å². The standard InChI is InChI=1S/C49H84N4O13/c1-14-37-48(10,59)41(55)33(6)50-27-29(2)25-46(8,58)42(66-44-39(54)36(24-30(3)62-44)52(12)45(57)51(11)35-20-16-15-17-21-35)31(4)40(32(5)43(56)64-37)65-38-26-47(9,61-13)49(60,34(7)63-38)28-53-22-18-19-23-53/h15-17,20-21,29-34,36-42,44,50,54-55,58-60H,14,18-19,22-28H2,1-13H3/t29-,30-,31+,32-,33-,34+,36+,37-,38+,39-,40+,41-,42-,44+,46-,47-,48-,49+/m1/s1. The van der Waals surface area contributed by atoms with Crippen LogP contribution in [0.25, 0.3) is 0 Å². The van der Waals surface area contributed by atoms with Gasteiger partial charge in [-0.15, -0.1) is 0 Å². The van der Waals surface area contributed by atoms with Crippen molar-refractivity contribution in [1.82, 2.24) is 15.1 Å². The summed E-state index contributed by atoms with van der Waals surface area (Å²) in [6.45, 7) is 19.8. The highest BCUT2D eigenvalue weighted by Gasteiger charge is 2.59. The maximum absolute atomic E-state index is 14.6. The molecule has 2 amide bonds. The molecule has 1 aromatic rings. The minimum Gasteiger partial charge on any atom is -0.459 e. The molecule has 0 aliphatic carbocycles. The van der Waals surface area contributed by atoms with Gasteiger partial charge in [0, 0.05) is 51.8 Å². The molecule has 4 aliphatic heterocycles. The molecule has 0 saturated carbocycles. The van der Waals surface area contributed by atoms with Gasteiger partial charge in [-0.3, -0.25) is 9.69 Å². The summed E-state index contributed by atoms with van der Waals surface area (Å²) in [6, 6.07) is 7.44. The minimum atomic E-state index is -1.85. The number of aliphatic hydroxyl groups is 5. The molecule has 0 spiro atoms. The van der Waals surface area contributed by atoms with E-state index in [2.05, 4.69) is 10.2 Å². The number of likely N-dealkylation sites (tertiary alicyclic amines) is 1. The average Bonchev–Trinajstić information content (AvgIpc) is 3.79.